The van der Waals surface area contributed by atoms with Gasteiger partial charge >= 0.3 is 0 Å². The van der Waals surface area contributed by atoms with E-state index < -0.39 is 0 Å². The fraction of sp³-hybridized carbons (Fsp3) is 0.524. The molecule has 2 aliphatic heterocycles. The number of rotatable bonds is 7. The highest BCUT2D eigenvalue weighted by atomic mass is 35.5. The zero-order valence-electron chi connectivity index (χ0n) is 16.4. The van der Waals surface area contributed by atoms with Crippen molar-refractivity contribution < 1.29 is 9.59 Å². The van der Waals surface area contributed by atoms with E-state index in [0.717, 1.165) is 43.2 Å². The highest BCUT2D eigenvalue weighted by Crippen LogP contribution is 2.19. The summed E-state index contributed by atoms with van der Waals surface area (Å²) in [6.07, 6.45) is 5.61. The number of benzene rings is 1. The van der Waals surface area contributed by atoms with Gasteiger partial charge in [0.05, 0.1) is 5.70 Å². The maximum absolute atomic E-state index is 12.3. The molecule has 3 rings (SSSR count). The predicted octanol–water partition coefficient (Wildman–Crippen LogP) is 2.66. The molecule has 0 aromatic heterocycles. The molecule has 7 heteroatoms. The summed E-state index contributed by atoms with van der Waals surface area (Å²) < 4.78 is 0. The minimum Gasteiger partial charge on any atom is -0.354 e. The maximum atomic E-state index is 12.3. The smallest absolute Gasteiger partial charge is 0.245 e. The van der Waals surface area contributed by atoms with E-state index in [-0.39, 0.29) is 24.8 Å². The lowest BCUT2D eigenvalue weighted by Crippen LogP contribution is -2.49. The molecule has 1 atom stereocenters. The Morgan fingerprint density at radius 2 is 2.11 bits per heavy atom. The maximum Gasteiger partial charge on any atom is 0.245 e. The Morgan fingerprint density at radius 3 is 2.86 bits per heavy atom. The van der Waals surface area contributed by atoms with Gasteiger partial charge in [-0.05, 0) is 62.0 Å². The van der Waals surface area contributed by atoms with Gasteiger partial charge in [0.25, 0.3) is 0 Å². The molecule has 2 N–H and O–H groups in total. The molecule has 0 spiro atoms. The molecule has 1 fully saturated rings. The van der Waals surface area contributed by atoms with Crippen LogP contribution in [0, 0.1) is 5.92 Å². The van der Waals surface area contributed by atoms with E-state index in [1.54, 1.807) is 12.1 Å². The molecular formula is C21H29ClN4O2. The third-order valence-corrected chi connectivity index (χ3v) is 5.46. The van der Waals surface area contributed by atoms with Crippen LogP contribution in [0.4, 0.5) is 0 Å². The van der Waals surface area contributed by atoms with Crippen molar-refractivity contribution in [3.63, 3.8) is 0 Å². The summed E-state index contributed by atoms with van der Waals surface area (Å²) in [6.45, 7) is 6.25. The fourth-order valence-electron chi connectivity index (χ4n) is 3.71. The summed E-state index contributed by atoms with van der Waals surface area (Å²) in [5, 5.41) is 4.97. The SMILES string of the molecule is CC1CCCN(CCCNC(=O)CN2NC(c3ccc(Cl)cc3)=CCC2=O)C1. The van der Waals surface area contributed by atoms with E-state index in [4.69, 9.17) is 11.6 Å². The monoisotopic (exact) mass is 404 g/mol. The Hall–Kier alpha value is -2.05. The van der Waals surface area contributed by atoms with Crippen LogP contribution in [0.3, 0.4) is 0 Å². The molecule has 0 aliphatic carbocycles. The molecule has 152 valence electrons. The van der Waals surface area contributed by atoms with Gasteiger partial charge in [-0.1, -0.05) is 30.7 Å². The van der Waals surface area contributed by atoms with Crippen LogP contribution >= 0.6 is 11.6 Å². The van der Waals surface area contributed by atoms with Crippen molar-refractivity contribution in [2.75, 3.05) is 32.7 Å². The molecular weight excluding hydrogens is 376 g/mol. The largest absolute Gasteiger partial charge is 0.354 e. The van der Waals surface area contributed by atoms with Gasteiger partial charge in [0, 0.05) is 24.5 Å². The third-order valence-electron chi connectivity index (χ3n) is 5.21. The lowest BCUT2D eigenvalue weighted by atomic mass is 10.0. The predicted molar refractivity (Wildman–Crippen MR) is 111 cm³/mol. The summed E-state index contributed by atoms with van der Waals surface area (Å²) in [5.74, 6) is 0.503. The highest BCUT2D eigenvalue weighted by Gasteiger charge is 2.22. The summed E-state index contributed by atoms with van der Waals surface area (Å²) in [5.41, 5.74) is 4.79. The van der Waals surface area contributed by atoms with Gasteiger partial charge in [0.2, 0.25) is 11.8 Å². The molecule has 1 aromatic carbocycles. The second-order valence-corrected chi connectivity index (χ2v) is 8.11. The van der Waals surface area contributed by atoms with Crippen LogP contribution in [0.15, 0.2) is 30.3 Å². The molecule has 1 unspecified atom stereocenters. The van der Waals surface area contributed by atoms with Gasteiger partial charge in [-0.2, -0.15) is 0 Å². The molecule has 1 aromatic rings. The number of carbonyl (C=O) groups is 2. The fourth-order valence-corrected chi connectivity index (χ4v) is 3.84. The number of carbonyl (C=O) groups excluding carboxylic acids is 2. The van der Waals surface area contributed by atoms with E-state index in [9.17, 15) is 9.59 Å². The van der Waals surface area contributed by atoms with Crippen LogP contribution in [0.25, 0.3) is 5.70 Å². The second-order valence-electron chi connectivity index (χ2n) is 7.67. The normalized spacial score (nSPS) is 20.5. The van der Waals surface area contributed by atoms with Crippen molar-refractivity contribution in [2.45, 2.75) is 32.6 Å². The molecule has 1 saturated heterocycles. The molecule has 0 bridgehead atoms. The first-order valence-corrected chi connectivity index (χ1v) is 10.4. The molecule has 28 heavy (non-hydrogen) atoms. The van der Waals surface area contributed by atoms with E-state index in [1.807, 2.05) is 18.2 Å². The molecule has 2 aliphatic rings. The molecule has 6 nitrogen and oxygen atoms in total. The second kappa shape index (κ2) is 9.94. The quantitative estimate of drug-likeness (QED) is 0.686. The standard InChI is InChI=1S/C21H29ClN4O2/c1-16-4-2-12-25(14-16)13-3-11-23-20(27)15-26-21(28)10-9-19(24-26)17-5-7-18(22)8-6-17/h5-9,16,24H,2-4,10-15H2,1H3,(H,23,27). The summed E-state index contributed by atoms with van der Waals surface area (Å²) in [7, 11) is 0. The highest BCUT2D eigenvalue weighted by molar-refractivity contribution is 6.30. The molecule has 0 saturated carbocycles. The number of likely N-dealkylation sites (tertiary alicyclic amines) is 1. The van der Waals surface area contributed by atoms with Gasteiger partial charge in [0.1, 0.15) is 6.54 Å². The number of hydrogen-bond donors (Lipinski definition) is 2. The van der Waals surface area contributed by atoms with Crippen molar-refractivity contribution in [3.05, 3.63) is 40.9 Å². The third kappa shape index (κ3) is 5.97. The number of nitrogens with one attached hydrogen (secondary N) is 2. The first-order chi connectivity index (χ1) is 13.5. The van der Waals surface area contributed by atoms with Gasteiger partial charge in [-0.25, -0.2) is 5.01 Å². The lowest BCUT2D eigenvalue weighted by molar-refractivity contribution is -0.137. The Bertz CT molecular complexity index is 720. The Morgan fingerprint density at radius 1 is 1.32 bits per heavy atom. The average Bonchev–Trinajstić information content (AvgIpc) is 2.68. The van der Waals surface area contributed by atoms with Crippen LogP contribution in [0.2, 0.25) is 5.02 Å². The summed E-state index contributed by atoms with van der Waals surface area (Å²) >= 11 is 5.93. The zero-order chi connectivity index (χ0) is 19.9. The van der Waals surface area contributed by atoms with Crippen molar-refractivity contribution in [1.82, 2.24) is 20.7 Å². The van der Waals surface area contributed by atoms with Crippen molar-refractivity contribution in [1.29, 1.82) is 0 Å². The number of nitrogens with zero attached hydrogens (tertiary/aromatic N) is 2. The summed E-state index contributed by atoms with van der Waals surface area (Å²) in [4.78, 5) is 26.9. The minimum atomic E-state index is -0.148. The van der Waals surface area contributed by atoms with Crippen LogP contribution in [-0.2, 0) is 9.59 Å². The first kappa shape index (κ1) is 20.7. The van der Waals surface area contributed by atoms with Gasteiger partial charge in [0.15, 0.2) is 0 Å². The summed E-state index contributed by atoms with van der Waals surface area (Å²) in [6, 6.07) is 7.37. The van der Waals surface area contributed by atoms with Gasteiger partial charge < -0.3 is 10.2 Å². The number of hydrogen-bond acceptors (Lipinski definition) is 4. The van der Waals surface area contributed by atoms with Crippen LogP contribution in [-0.4, -0.2) is 54.4 Å². The number of hydrazine groups is 1. The average molecular weight is 405 g/mol. The Balaban J connectivity index is 1.41. The lowest BCUT2D eigenvalue weighted by Gasteiger charge is -2.31. The van der Waals surface area contributed by atoms with E-state index in [1.165, 1.54) is 17.9 Å². The Labute approximate surface area is 171 Å². The van der Waals surface area contributed by atoms with Crippen LogP contribution < -0.4 is 10.7 Å². The topological polar surface area (TPSA) is 64.7 Å². The molecule has 0 radical (unpaired) electrons. The van der Waals surface area contributed by atoms with E-state index >= 15 is 0 Å². The van der Waals surface area contributed by atoms with E-state index in [0.29, 0.717) is 11.6 Å². The minimum absolute atomic E-state index is 0.00448. The molecule has 2 heterocycles. The van der Waals surface area contributed by atoms with Gasteiger partial charge in [-0.3, -0.25) is 15.0 Å². The van der Waals surface area contributed by atoms with Crippen molar-refractivity contribution in [2.24, 2.45) is 5.92 Å². The van der Waals surface area contributed by atoms with Crippen LogP contribution in [0.1, 0.15) is 38.2 Å². The van der Waals surface area contributed by atoms with Crippen molar-refractivity contribution in [3.8, 4) is 0 Å². The van der Waals surface area contributed by atoms with E-state index in [2.05, 4.69) is 22.6 Å². The molecule has 2 amide bonds. The number of amides is 2. The number of halogens is 1. The Kier molecular flexibility index (Phi) is 7.34. The number of piperidine rings is 1. The van der Waals surface area contributed by atoms with Crippen LogP contribution in [0.5, 0.6) is 0 Å². The van der Waals surface area contributed by atoms with Gasteiger partial charge in [-0.15, -0.1) is 0 Å². The van der Waals surface area contributed by atoms with Crippen molar-refractivity contribution >= 4 is 29.1 Å². The zero-order valence-corrected chi connectivity index (χ0v) is 17.2. The first-order valence-electron chi connectivity index (χ1n) is 10.0.